The molecule has 0 radical (unpaired) electrons. The van der Waals surface area contributed by atoms with Crippen LogP contribution in [0, 0.1) is 5.82 Å². The highest BCUT2D eigenvalue weighted by molar-refractivity contribution is 6.30. The molecule has 3 aromatic carbocycles. The molecule has 6 nitrogen and oxygen atoms in total. The first kappa shape index (κ1) is 22.8. The molecule has 5 rings (SSSR count). The fraction of sp³-hybridized carbons (Fsp3) is 0.148. The number of rotatable bonds is 5. The number of aromatic nitrogens is 2. The lowest BCUT2D eigenvalue weighted by Crippen LogP contribution is -2.46. The Bertz CT molecular complexity index is 1450. The van der Waals surface area contributed by atoms with Crippen molar-refractivity contribution in [2.45, 2.75) is 26.3 Å². The minimum absolute atomic E-state index is 0.225. The molecule has 35 heavy (non-hydrogen) atoms. The highest BCUT2D eigenvalue weighted by Crippen LogP contribution is 2.39. The molecule has 2 heterocycles. The maximum absolute atomic E-state index is 13.8. The van der Waals surface area contributed by atoms with E-state index < -0.39 is 11.9 Å². The lowest BCUT2D eigenvalue weighted by atomic mass is 9.94. The smallest absolute Gasteiger partial charge is 0.326 e. The van der Waals surface area contributed by atoms with Gasteiger partial charge in [-0.25, -0.2) is 9.18 Å². The average molecular weight is 489 g/mol. The van der Waals surface area contributed by atoms with Crippen LogP contribution in [0.25, 0.3) is 17.0 Å². The number of amides is 2. The highest BCUT2D eigenvalue weighted by atomic mass is 35.5. The number of carbonyl (C=O) groups is 1. The molecule has 1 N–H and O–H groups in total. The van der Waals surface area contributed by atoms with E-state index >= 15 is 0 Å². The number of urea groups is 1. The van der Waals surface area contributed by atoms with Crippen LogP contribution in [0.1, 0.15) is 36.9 Å². The Morgan fingerprint density at radius 1 is 1.09 bits per heavy atom. The third-order valence-electron chi connectivity index (χ3n) is 5.98. The van der Waals surface area contributed by atoms with Gasteiger partial charge in [-0.1, -0.05) is 60.1 Å². The summed E-state index contributed by atoms with van der Waals surface area (Å²) in [6.07, 6.45) is 0.838. The Kier molecular flexibility index (Phi) is 6.09. The number of hydrogen-bond acceptors (Lipinski definition) is 4. The molecule has 2 amide bonds. The van der Waals surface area contributed by atoms with E-state index in [4.69, 9.17) is 16.1 Å². The summed E-state index contributed by atoms with van der Waals surface area (Å²) in [4.78, 5) is 19.5. The van der Waals surface area contributed by atoms with Crippen LogP contribution in [0.15, 0.2) is 83.0 Å². The normalized spacial score (nSPS) is 15.9. The Balaban J connectivity index is 1.67. The summed E-state index contributed by atoms with van der Waals surface area (Å²) in [5.41, 5.74) is 4.36. The van der Waals surface area contributed by atoms with Gasteiger partial charge in [0.25, 0.3) is 5.89 Å². The number of halogens is 2. The Morgan fingerprint density at radius 2 is 1.89 bits per heavy atom. The lowest BCUT2D eigenvalue weighted by molar-refractivity contribution is 0.244. The summed E-state index contributed by atoms with van der Waals surface area (Å²) in [7, 11) is 0. The van der Waals surface area contributed by atoms with Crippen molar-refractivity contribution in [1.82, 2.24) is 15.5 Å². The van der Waals surface area contributed by atoms with Crippen molar-refractivity contribution in [3.63, 3.8) is 0 Å². The van der Waals surface area contributed by atoms with Crippen molar-refractivity contribution in [3.8, 4) is 11.4 Å². The number of benzene rings is 3. The van der Waals surface area contributed by atoms with Gasteiger partial charge in [0.05, 0.1) is 17.3 Å². The van der Waals surface area contributed by atoms with E-state index in [9.17, 15) is 9.18 Å². The predicted molar refractivity (Wildman–Crippen MR) is 133 cm³/mol. The second-order valence-electron chi connectivity index (χ2n) is 8.23. The van der Waals surface area contributed by atoms with E-state index in [-0.39, 0.29) is 17.7 Å². The molecule has 0 saturated heterocycles. The zero-order valence-corrected chi connectivity index (χ0v) is 19.9. The van der Waals surface area contributed by atoms with Crippen molar-refractivity contribution in [2.24, 2.45) is 0 Å². The van der Waals surface area contributed by atoms with Gasteiger partial charge in [-0.3, -0.25) is 4.90 Å². The molecule has 8 heteroatoms. The maximum atomic E-state index is 13.8. The van der Waals surface area contributed by atoms with E-state index in [0.717, 1.165) is 23.2 Å². The van der Waals surface area contributed by atoms with Gasteiger partial charge in [-0.15, -0.1) is 0 Å². The zero-order valence-electron chi connectivity index (χ0n) is 19.1. The third kappa shape index (κ3) is 4.42. The number of aryl methyl sites for hydroxylation is 1. The van der Waals surface area contributed by atoms with Crippen molar-refractivity contribution in [2.75, 3.05) is 4.90 Å². The molecular weight excluding hydrogens is 467 g/mol. The van der Waals surface area contributed by atoms with Gasteiger partial charge < -0.3 is 9.84 Å². The van der Waals surface area contributed by atoms with Crippen molar-refractivity contribution < 1.29 is 13.7 Å². The van der Waals surface area contributed by atoms with Crippen LogP contribution < -0.4 is 10.2 Å². The molecular formula is C27H22ClFN4O2. The zero-order chi connectivity index (χ0) is 24.5. The molecule has 176 valence electrons. The summed E-state index contributed by atoms with van der Waals surface area (Å²) in [5.74, 6) is 0.0809. The summed E-state index contributed by atoms with van der Waals surface area (Å²) < 4.78 is 19.4. The summed E-state index contributed by atoms with van der Waals surface area (Å²) in [6, 6.07) is 20.2. The lowest BCUT2D eigenvalue weighted by Gasteiger charge is -2.35. The summed E-state index contributed by atoms with van der Waals surface area (Å²) in [6.45, 7) is 3.90. The van der Waals surface area contributed by atoms with Crippen LogP contribution >= 0.6 is 11.6 Å². The van der Waals surface area contributed by atoms with Gasteiger partial charge >= 0.3 is 6.03 Å². The number of allylic oxidation sites excluding steroid dienone is 1. The average Bonchev–Trinajstić information content (AvgIpc) is 3.34. The van der Waals surface area contributed by atoms with Crippen LogP contribution in [0.2, 0.25) is 5.02 Å². The van der Waals surface area contributed by atoms with Crippen molar-refractivity contribution >= 4 is 28.9 Å². The quantitative estimate of drug-likeness (QED) is 0.335. The fourth-order valence-electron chi connectivity index (χ4n) is 4.26. The Hall–Kier alpha value is -3.97. The van der Waals surface area contributed by atoms with E-state index in [0.29, 0.717) is 21.9 Å². The largest absolute Gasteiger partial charge is 0.334 e. The van der Waals surface area contributed by atoms with Crippen molar-refractivity contribution in [1.29, 1.82) is 0 Å². The highest BCUT2D eigenvalue weighted by Gasteiger charge is 2.36. The number of carbonyl (C=O) groups excluding carboxylic acids is 1. The van der Waals surface area contributed by atoms with E-state index in [1.165, 1.54) is 12.1 Å². The minimum atomic E-state index is -0.576. The second kappa shape index (κ2) is 9.35. The van der Waals surface area contributed by atoms with Gasteiger partial charge in [-0.2, -0.15) is 4.98 Å². The number of nitrogens with zero attached hydrogens (tertiary/aromatic N) is 3. The minimum Gasteiger partial charge on any atom is -0.334 e. The maximum Gasteiger partial charge on any atom is 0.326 e. The standard InChI is InChI=1S/C27H22ClFN4O2/c1-3-17-7-4-12-22(13-17)33-16(2)23(24(30-27(33)34)18-8-5-10-20(28)14-18)26-31-25(32-35-26)19-9-6-11-21(29)15-19/h4-15,24H,3H2,1-2H3,(H,30,34). The molecule has 0 aliphatic carbocycles. The Labute approximate surface area is 207 Å². The van der Waals surface area contributed by atoms with Crippen LogP contribution in [0.4, 0.5) is 14.9 Å². The first-order chi connectivity index (χ1) is 16.9. The monoisotopic (exact) mass is 488 g/mol. The van der Waals surface area contributed by atoms with Gasteiger partial charge in [0, 0.05) is 16.3 Å². The van der Waals surface area contributed by atoms with Crippen molar-refractivity contribution in [3.05, 3.63) is 106 Å². The molecule has 1 unspecified atom stereocenters. The Morgan fingerprint density at radius 3 is 2.66 bits per heavy atom. The molecule has 0 saturated carbocycles. The molecule has 4 aromatic rings. The van der Waals surface area contributed by atoms with Crippen LogP contribution in [-0.2, 0) is 6.42 Å². The third-order valence-corrected chi connectivity index (χ3v) is 6.22. The van der Waals surface area contributed by atoms with Crippen LogP contribution in [0.3, 0.4) is 0 Å². The van der Waals surface area contributed by atoms with Crippen LogP contribution in [0.5, 0.6) is 0 Å². The molecule has 1 aromatic heterocycles. The number of nitrogens with one attached hydrogen (secondary N) is 1. The molecule has 1 atom stereocenters. The van der Waals surface area contributed by atoms with E-state index in [1.807, 2.05) is 43.3 Å². The fourth-order valence-corrected chi connectivity index (χ4v) is 4.46. The van der Waals surface area contributed by atoms with Gasteiger partial charge in [-0.05, 0) is 60.9 Å². The van der Waals surface area contributed by atoms with Gasteiger partial charge in [0.2, 0.25) is 5.82 Å². The molecule has 1 aliphatic rings. The van der Waals surface area contributed by atoms with E-state index in [1.54, 1.807) is 29.2 Å². The molecule has 1 aliphatic heterocycles. The molecule has 0 fully saturated rings. The predicted octanol–water partition coefficient (Wildman–Crippen LogP) is 6.79. The van der Waals surface area contributed by atoms with E-state index in [2.05, 4.69) is 22.4 Å². The first-order valence-corrected chi connectivity index (χ1v) is 11.6. The SMILES string of the molecule is CCc1cccc(N2C(=O)NC(c3cccc(Cl)c3)C(c3nc(-c4cccc(F)c4)no3)=C2C)c1. The number of hydrogen-bond donors (Lipinski definition) is 1. The topological polar surface area (TPSA) is 71.3 Å². The molecule has 0 spiro atoms. The second-order valence-corrected chi connectivity index (χ2v) is 8.67. The van der Waals surface area contributed by atoms with Gasteiger partial charge in [0.1, 0.15) is 5.82 Å². The molecule has 0 bridgehead atoms. The first-order valence-electron chi connectivity index (χ1n) is 11.2. The van der Waals surface area contributed by atoms with Crippen LogP contribution in [-0.4, -0.2) is 16.2 Å². The summed E-state index contributed by atoms with van der Waals surface area (Å²) in [5, 5.41) is 7.69. The van der Waals surface area contributed by atoms with Gasteiger partial charge in [0.15, 0.2) is 0 Å². The summed E-state index contributed by atoms with van der Waals surface area (Å²) >= 11 is 6.26. The number of anilines is 1.